The number of rotatable bonds is 6. The van der Waals surface area contributed by atoms with Crippen LogP contribution in [0.2, 0.25) is 0 Å². The second-order valence-electron chi connectivity index (χ2n) is 7.87. The zero-order valence-corrected chi connectivity index (χ0v) is 19.1. The Balaban J connectivity index is 1.52. The van der Waals surface area contributed by atoms with Crippen molar-refractivity contribution in [3.8, 4) is 0 Å². The molecule has 0 atom stereocenters. The fourth-order valence-corrected chi connectivity index (χ4v) is 6.28. The third-order valence-electron chi connectivity index (χ3n) is 5.39. The number of hydrogen-bond acceptors (Lipinski definition) is 4. The number of sulfonamides is 2. The monoisotopic (exact) mass is 474 g/mol. The standard InChI is InChI=1S/C23H23FN2O4S2/c1-17-2-4-18(5-3-17)16-31(27,28)25-22-9-6-19-12-13-26(15-20(19)14-22)32(29,30)23-10-7-21(24)8-11-23/h2-11,14,25H,12-13,15-16H2,1H3. The highest BCUT2D eigenvalue weighted by Gasteiger charge is 2.28. The number of aryl methyl sites for hydroxylation is 1. The molecule has 0 amide bonds. The van der Waals surface area contributed by atoms with Gasteiger partial charge in [-0.25, -0.2) is 21.2 Å². The van der Waals surface area contributed by atoms with Crippen molar-refractivity contribution in [3.05, 3.63) is 94.8 Å². The highest BCUT2D eigenvalue weighted by atomic mass is 32.2. The quantitative estimate of drug-likeness (QED) is 0.589. The summed E-state index contributed by atoms with van der Waals surface area (Å²) in [5, 5.41) is 0. The summed E-state index contributed by atoms with van der Waals surface area (Å²) in [6, 6.07) is 17.2. The van der Waals surface area contributed by atoms with E-state index in [1.165, 1.54) is 16.4 Å². The molecule has 9 heteroatoms. The van der Waals surface area contributed by atoms with E-state index in [0.29, 0.717) is 24.2 Å². The molecule has 0 unspecified atom stereocenters. The fourth-order valence-electron chi connectivity index (χ4n) is 3.67. The Morgan fingerprint density at radius 2 is 1.59 bits per heavy atom. The maximum atomic E-state index is 13.2. The maximum absolute atomic E-state index is 13.2. The molecule has 4 rings (SSSR count). The summed E-state index contributed by atoms with van der Waals surface area (Å²) in [5.41, 5.74) is 3.82. The van der Waals surface area contributed by atoms with Crippen molar-refractivity contribution in [2.24, 2.45) is 0 Å². The molecule has 3 aromatic rings. The van der Waals surface area contributed by atoms with Crippen LogP contribution in [0.3, 0.4) is 0 Å². The van der Waals surface area contributed by atoms with Crippen LogP contribution in [-0.2, 0) is 38.8 Å². The Morgan fingerprint density at radius 3 is 2.28 bits per heavy atom. The number of fused-ring (bicyclic) bond motifs is 1. The number of nitrogens with zero attached hydrogens (tertiary/aromatic N) is 1. The van der Waals surface area contributed by atoms with E-state index in [1.54, 1.807) is 24.3 Å². The third-order valence-corrected chi connectivity index (χ3v) is 8.51. The van der Waals surface area contributed by atoms with Crippen molar-refractivity contribution < 1.29 is 21.2 Å². The smallest absolute Gasteiger partial charge is 0.243 e. The van der Waals surface area contributed by atoms with Crippen molar-refractivity contribution in [1.82, 2.24) is 4.31 Å². The molecule has 0 spiro atoms. The summed E-state index contributed by atoms with van der Waals surface area (Å²) in [5.74, 6) is -0.661. The first-order chi connectivity index (χ1) is 15.1. The molecule has 0 fully saturated rings. The van der Waals surface area contributed by atoms with E-state index in [1.807, 2.05) is 25.1 Å². The molecule has 0 bridgehead atoms. The lowest BCUT2D eigenvalue weighted by Gasteiger charge is -2.28. The van der Waals surface area contributed by atoms with Crippen LogP contribution < -0.4 is 4.72 Å². The van der Waals surface area contributed by atoms with Crippen molar-refractivity contribution >= 4 is 25.7 Å². The molecule has 0 saturated carbocycles. The van der Waals surface area contributed by atoms with Crippen LogP contribution in [0.1, 0.15) is 22.3 Å². The van der Waals surface area contributed by atoms with Gasteiger partial charge < -0.3 is 0 Å². The van der Waals surface area contributed by atoms with E-state index < -0.39 is 25.9 Å². The van der Waals surface area contributed by atoms with Gasteiger partial charge in [0.05, 0.1) is 10.6 Å². The molecule has 0 aliphatic carbocycles. The first-order valence-electron chi connectivity index (χ1n) is 10.1. The lowest BCUT2D eigenvalue weighted by atomic mass is 10.0. The molecule has 0 saturated heterocycles. The van der Waals surface area contributed by atoms with E-state index in [2.05, 4.69) is 4.72 Å². The topological polar surface area (TPSA) is 83.6 Å². The lowest BCUT2D eigenvalue weighted by molar-refractivity contribution is 0.391. The number of hydrogen-bond donors (Lipinski definition) is 1. The van der Waals surface area contributed by atoms with Crippen LogP contribution in [0, 0.1) is 12.7 Å². The van der Waals surface area contributed by atoms with Crippen LogP contribution in [0.5, 0.6) is 0 Å². The Morgan fingerprint density at radius 1 is 0.906 bits per heavy atom. The molecule has 1 aliphatic heterocycles. The molecule has 0 aromatic heterocycles. The van der Waals surface area contributed by atoms with E-state index in [0.717, 1.165) is 28.8 Å². The predicted molar refractivity (Wildman–Crippen MR) is 122 cm³/mol. The number of benzene rings is 3. The first kappa shape index (κ1) is 22.4. The zero-order valence-electron chi connectivity index (χ0n) is 17.5. The summed E-state index contributed by atoms with van der Waals surface area (Å²) >= 11 is 0. The van der Waals surface area contributed by atoms with Gasteiger partial charge in [0, 0.05) is 18.8 Å². The Kier molecular flexibility index (Phi) is 6.07. The molecule has 1 N–H and O–H groups in total. The van der Waals surface area contributed by atoms with Crippen molar-refractivity contribution in [3.63, 3.8) is 0 Å². The van der Waals surface area contributed by atoms with E-state index in [-0.39, 0.29) is 17.2 Å². The summed E-state index contributed by atoms with van der Waals surface area (Å²) < 4.78 is 68.2. The van der Waals surface area contributed by atoms with E-state index >= 15 is 0 Å². The first-order valence-corrected chi connectivity index (χ1v) is 13.2. The Bertz CT molecular complexity index is 1340. The average molecular weight is 475 g/mol. The predicted octanol–water partition coefficient (Wildman–Crippen LogP) is 3.82. The number of anilines is 1. The highest BCUT2D eigenvalue weighted by molar-refractivity contribution is 7.91. The summed E-state index contributed by atoms with van der Waals surface area (Å²) in [4.78, 5) is 0.0253. The summed E-state index contributed by atoms with van der Waals surface area (Å²) in [7, 11) is -7.42. The van der Waals surface area contributed by atoms with Crippen LogP contribution in [0.25, 0.3) is 0 Å². The number of nitrogens with one attached hydrogen (secondary N) is 1. The summed E-state index contributed by atoms with van der Waals surface area (Å²) in [6.07, 6.45) is 0.506. The average Bonchev–Trinajstić information content (AvgIpc) is 2.74. The van der Waals surface area contributed by atoms with Gasteiger partial charge in [-0.1, -0.05) is 35.9 Å². The van der Waals surface area contributed by atoms with Crippen molar-refractivity contribution in [2.75, 3.05) is 11.3 Å². The Hall–Kier alpha value is -2.75. The van der Waals surface area contributed by atoms with E-state index in [4.69, 9.17) is 0 Å². The van der Waals surface area contributed by atoms with Gasteiger partial charge in [0.25, 0.3) is 0 Å². The molecule has 3 aromatic carbocycles. The van der Waals surface area contributed by atoms with Crippen LogP contribution in [-0.4, -0.2) is 27.7 Å². The molecule has 1 aliphatic rings. The maximum Gasteiger partial charge on any atom is 0.243 e. The van der Waals surface area contributed by atoms with Crippen LogP contribution in [0.4, 0.5) is 10.1 Å². The minimum atomic E-state index is -3.79. The minimum Gasteiger partial charge on any atom is -0.283 e. The lowest BCUT2D eigenvalue weighted by Crippen LogP contribution is -2.36. The van der Waals surface area contributed by atoms with Gasteiger partial charge >= 0.3 is 0 Å². The molecule has 168 valence electrons. The SMILES string of the molecule is Cc1ccc(CS(=O)(=O)Nc2ccc3c(c2)CN(S(=O)(=O)c2ccc(F)cc2)CC3)cc1. The molecular weight excluding hydrogens is 451 g/mol. The second kappa shape index (κ2) is 8.65. The number of halogens is 1. The van der Waals surface area contributed by atoms with Crippen LogP contribution in [0.15, 0.2) is 71.6 Å². The molecule has 6 nitrogen and oxygen atoms in total. The summed E-state index contributed by atoms with van der Waals surface area (Å²) in [6.45, 7) is 2.34. The van der Waals surface area contributed by atoms with E-state index in [9.17, 15) is 21.2 Å². The molecular formula is C23H23FN2O4S2. The Labute approximate surface area is 187 Å². The van der Waals surface area contributed by atoms with Gasteiger partial charge in [0.1, 0.15) is 5.82 Å². The third kappa shape index (κ3) is 5.01. The second-order valence-corrected chi connectivity index (χ2v) is 11.5. The van der Waals surface area contributed by atoms with Gasteiger partial charge in [-0.15, -0.1) is 0 Å². The van der Waals surface area contributed by atoms with Gasteiger partial charge in [0.15, 0.2) is 0 Å². The van der Waals surface area contributed by atoms with Gasteiger partial charge in [-0.3, -0.25) is 4.72 Å². The largest absolute Gasteiger partial charge is 0.283 e. The minimum absolute atomic E-state index is 0.0253. The van der Waals surface area contributed by atoms with Gasteiger partial charge in [0.2, 0.25) is 20.0 Å². The van der Waals surface area contributed by atoms with Crippen molar-refractivity contribution in [2.45, 2.75) is 30.5 Å². The van der Waals surface area contributed by atoms with Crippen LogP contribution >= 0.6 is 0 Å². The normalized spacial score (nSPS) is 14.7. The molecule has 0 radical (unpaired) electrons. The fraction of sp³-hybridized carbons (Fsp3) is 0.217. The van der Waals surface area contributed by atoms with Crippen molar-refractivity contribution in [1.29, 1.82) is 0 Å². The molecule has 32 heavy (non-hydrogen) atoms. The van der Waals surface area contributed by atoms with Gasteiger partial charge in [-0.2, -0.15) is 4.31 Å². The zero-order chi connectivity index (χ0) is 22.9. The highest BCUT2D eigenvalue weighted by Crippen LogP contribution is 2.27. The van der Waals surface area contributed by atoms with Gasteiger partial charge in [-0.05, 0) is 66.4 Å². The molecule has 1 heterocycles.